The zero-order valence-corrected chi connectivity index (χ0v) is 22.9. The number of aryl methyl sites for hydroxylation is 1. The minimum atomic E-state index is -3.67. The maximum Gasteiger partial charge on any atom is 0.242 e. The van der Waals surface area contributed by atoms with Gasteiger partial charge in [0.05, 0.1) is 17.0 Å². The molecule has 0 aliphatic rings. The van der Waals surface area contributed by atoms with Crippen molar-refractivity contribution in [2.75, 3.05) is 23.7 Å². The van der Waals surface area contributed by atoms with Gasteiger partial charge in [-0.3, -0.25) is 13.9 Å². The fourth-order valence-electron chi connectivity index (χ4n) is 3.65. The van der Waals surface area contributed by atoms with Crippen LogP contribution in [0.4, 0.5) is 5.69 Å². The predicted molar refractivity (Wildman–Crippen MR) is 142 cm³/mol. The molecule has 0 aromatic heterocycles. The lowest BCUT2D eigenvalue weighted by atomic mass is 10.1. The number of sulfonamides is 1. The van der Waals surface area contributed by atoms with Gasteiger partial charge in [-0.1, -0.05) is 60.0 Å². The maximum absolute atomic E-state index is 13.3. The Hall–Kier alpha value is -2.29. The molecule has 1 atom stereocenters. The number of nitrogens with zero attached hydrogens (tertiary/aromatic N) is 2. The van der Waals surface area contributed by atoms with Crippen LogP contribution in [0, 0.1) is 6.92 Å². The van der Waals surface area contributed by atoms with Crippen molar-refractivity contribution in [3.05, 3.63) is 63.6 Å². The summed E-state index contributed by atoms with van der Waals surface area (Å²) in [5.41, 5.74) is 2.23. The third kappa shape index (κ3) is 8.70. The van der Waals surface area contributed by atoms with Gasteiger partial charge in [0.2, 0.25) is 21.8 Å². The van der Waals surface area contributed by atoms with Crippen molar-refractivity contribution in [3.8, 4) is 0 Å². The van der Waals surface area contributed by atoms with E-state index in [0.717, 1.165) is 28.1 Å². The predicted octanol–water partition coefficient (Wildman–Crippen LogP) is 4.79. The van der Waals surface area contributed by atoms with E-state index in [9.17, 15) is 18.0 Å². The zero-order chi connectivity index (χ0) is 26.2. The monoisotopic (exact) mass is 541 g/mol. The summed E-state index contributed by atoms with van der Waals surface area (Å²) in [6.07, 6.45) is 2.16. The summed E-state index contributed by atoms with van der Waals surface area (Å²) >= 11 is 12.3. The molecule has 1 N–H and O–H groups in total. The minimum Gasteiger partial charge on any atom is -0.354 e. The molecule has 35 heavy (non-hydrogen) atoms. The number of halogens is 2. The molecular weight excluding hydrogens is 509 g/mol. The molecule has 0 saturated carbocycles. The first-order chi connectivity index (χ1) is 16.4. The molecule has 0 aliphatic heterocycles. The number of anilines is 1. The average molecular weight is 543 g/mol. The van der Waals surface area contributed by atoms with Gasteiger partial charge in [-0.2, -0.15) is 0 Å². The van der Waals surface area contributed by atoms with E-state index < -0.39 is 16.1 Å². The molecule has 0 spiro atoms. The molecule has 7 nitrogen and oxygen atoms in total. The van der Waals surface area contributed by atoms with Crippen molar-refractivity contribution in [2.24, 2.45) is 0 Å². The molecule has 10 heteroatoms. The number of amides is 2. The van der Waals surface area contributed by atoms with Crippen molar-refractivity contribution in [2.45, 2.75) is 52.6 Å². The third-order valence-electron chi connectivity index (χ3n) is 5.48. The van der Waals surface area contributed by atoms with E-state index >= 15 is 0 Å². The number of rotatable bonds is 12. The van der Waals surface area contributed by atoms with Gasteiger partial charge in [0.1, 0.15) is 6.04 Å². The van der Waals surface area contributed by atoms with Gasteiger partial charge in [-0.25, -0.2) is 8.42 Å². The highest BCUT2D eigenvalue weighted by atomic mass is 35.5. The van der Waals surface area contributed by atoms with E-state index in [-0.39, 0.29) is 48.5 Å². The number of carbonyl (C=O) groups excluding carboxylic acids is 2. The molecule has 192 valence electrons. The Labute approximate surface area is 218 Å². The normalized spacial score (nSPS) is 12.2. The Kier molecular flexibility index (Phi) is 10.9. The van der Waals surface area contributed by atoms with Crippen LogP contribution in [0.25, 0.3) is 0 Å². The van der Waals surface area contributed by atoms with Crippen LogP contribution in [0.5, 0.6) is 0 Å². The first-order valence-electron chi connectivity index (χ1n) is 11.5. The van der Waals surface area contributed by atoms with Crippen LogP contribution in [-0.2, 0) is 26.2 Å². The molecule has 0 aliphatic carbocycles. The number of hydrogen-bond donors (Lipinski definition) is 1. The summed E-state index contributed by atoms with van der Waals surface area (Å²) in [6, 6.07) is 11.7. The SMILES string of the molecule is CCCNC(=O)[C@@H](C)N(Cc1cccc(C)c1)C(=O)CCCN(c1cc(Cl)ccc1Cl)S(C)(=O)=O. The van der Waals surface area contributed by atoms with Gasteiger partial charge in [0.25, 0.3) is 0 Å². The highest BCUT2D eigenvalue weighted by molar-refractivity contribution is 7.92. The highest BCUT2D eigenvalue weighted by Crippen LogP contribution is 2.31. The second kappa shape index (κ2) is 13.1. The Morgan fingerprint density at radius 2 is 1.83 bits per heavy atom. The van der Waals surface area contributed by atoms with Gasteiger partial charge in [-0.05, 0) is 50.5 Å². The quantitative estimate of drug-likeness (QED) is 0.418. The van der Waals surface area contributed by atoms with E-state index in [1.807, 2.05) is 38.1 Å². The molecular formula is C25H33Cl2N3O4S. The summed E-state index contributed by atoms with van der Waals surface area (Å²) in [4.78, 5) is 27.5. The third-order valence-corrected chi connectivity index (χ3v) is 7.22. The van der Waals surface area contributed by atoms with Gasteiger partial charge in [-0.15, -0.1) is 0 Å². The number of hydrogen-bond acceptors (Lipinski definition) is 4. The van der Waals surface area contributed by atoms with Gasteiger partial charge in [0, 0.05) is 31.1 Å². The molecule has 0 bridgehead atoms. The molecule has 0 radical (unpaired) electrons. The van der Waals surface area contributed by atoms with E-state index in [2.05, 4.69) is 5.32 Å². The topological polar surface area (TPSA) is 86.8 Å². The summed E-state index contributed by atoms with van der Waals surface area (Å²) in [7, 11) is -3.67. The molecule has 2 amide bonds. The van der Waals surface area contributed by atoms with Crippen LogP contribution in [0.3, 0.4) is 0 Å². The van der Waals surface area contributed by atoms with Gasteiger partial charge < -0.3 is 10.2 Å². The van der Waals surface area contributed by atoms with Crippen LogP contribution < -0.4 is 9.62 Å². The van der Waals surface area contributed by atoms with Crippen LogP contribution in [0.1, 0.15) is 44.2 Å². The minimum absolute atomic E-state index is 0.0410. The summed E-state index contributed by atoms with van der Waals surface area (Å²) in [6.45, 7) is 6.47. The Balaban J connectivity index is 2.19. The van der Waals surface area contributed by atoms with Crippen LogP contribution in [-0.4, -0.2) is 50.5 Å². The molecule has 0 unspecified atom stereocenters. The summed E-state index contributed by atoms with van der Waals surface area (Å²) < 4.78 is 26.1. The smallest absolute Gasteiger partial charge is 0.242 e. The zero-order valence-electron chi connectivity index (χ0n) is 20.6. The van der Waals surface area contributed by atoms with Crippen molar-refractivity contribution in [1.82, 2.24) is 10.2 Å². The Morgan fingerprint density at radius 3 is 2.46 bits per heavy atom. The highest BCUT2D eigenvalue weighted by Gasteiger charge is 2.27. The van der Waals surface area contributed by atoms with E-state index in [1.165, 1.54) is 17.0 Å². The first kappa shape index (κ1) is 28.9. The van der Waals surface area contributed by atoms with Gasteiger partial charge >= 0.3 is 0 Å². The van der Waals surface area contributed by atoms with E-state index in [0.29, 0.717) is 11.6 Å². The molecule has 0 saturated heterocycles. The van der Waals surface area contributed by atoms with Gasteiger partial charge in [0.15, 0.2) is 0 Å². The van der Waals surface area contributed by atoms with Crippen molar-refractivity contribution in [1.29, 1.82) is 0 Å². The lowest BCUT2D eigenvalue weighted by Gasteiger charge is -2.29. The average Bonchev–Trinajstić information content (AvgIpc) is 2.79. The molecule has 2 aromatic rings. The lowest BCUT2D eigenvalue weighted by molar-refractivity contribution is -0.140. The van der Waals surface area contributed by atoms with Crippen LogP contribution in [0.15, 0.2) is 42.5 Å². The Morgan fingerprint density at radius 1 is 1.11 bits per heavy atom. The van der Waals surface area contributed by atoms with E-state index in [4.69, 9.17) is 23.2 Å². The second-order valence-electron chi connectivity index (χ2n) is 8.51. The molecule has 0 fully saturated rings. The van der Waals surface area contributed by atoms with Crippen LogP contribution in [0.2, 0.25) is 10.0 Å². The summed E-state index contributed by atoms with van der Waals surface area (Å²) in [5.74, 6) is -0.465. The van der Waals surface area contributed by atoms with Crippen molar-refractivity contribution >= 4 is 50.7 Å². The first-order valence-corrected chi connectivity index (χ1v) is 14.1. The summed E-state index contributed by atoms with van der Waals surface area (Å²) in [5, 5.41) is 3.44. The standard InChI is InChI=1S/C25H33Cl2N3O4S/c1-5-13-28-25(32)19(3)29(17-20-9-6-8-18(2)15-20)24(31)10-7-14-30(35(4,33)34)23-16-21(26)11-12-22(23)27/h6,8-9,11-12,15-16,19H,5,7,10,13-14,17H2,1-4H3,(H,28,32)/t19-/m1/s1. The largest absolute Gasteiger partial charge is 0.354 e. The second-order valence-corrected chi connectivity index (χ2v) is 11.3. The van der Waals surface area contributed by atoms with E-state index in [1.54, 1.807) is 13.0 Å². The Bertz CT molecular complexity index is 1140. The number of benzene rings is 2. The molecule has 2 aromatic carbocycles. The fourth-order valence-corrected chi connectivity index (χ4v) is 5.05. The van der Waals surface area contributed by atoms with Crippen molar-refractivity contribution < 1.29 is 18.0 Å². The number of nitrogens with one attached hydrogen (secondary N) is 1. The maximum atomic E-state index is 13.3. The number of carbonyl (C=O) groups is 2. The van der Waals surface area contributed by atoms with Crippen molar-refractivity contribution in [3.63, 3.8) is 0 Å². The lowest BCUT2D eigenvalue weighted by Crippen LogP contribution is -2.47. The molecule has 2 rings (SSSR count). The van der Waals surface area contributed by atoms with Crippen LogP contribution >= 0.6 is 23.2 Å². The molecule has 0 heterocycles. The fraction of sp³-hybridized carbons (Fsp3) is 0.440.